The lowest BCUT2D eigenvalue weighted by molar-refractivity contribution is -0.0507. The second kappa shape index (κ2) is 7.52. The lowest BCUT2D eigenvalue weighted by atomic mass is 9.98. The molecule has 112 valence electrons. The van der Waals surface area contributed by atoms with Crippen molar-refractivity contribution in [2.45, 2.75) is 19.1 Å². The predicted molar refractivity (Wildman–Crippen MR) is 82.7 cm³/mol. The standard InChI is InChI=1S/C16H16BrF2NO/c1-20-14(10-11-5-4-6-12(17)9-11)13-7-2-3-8-15(13)21-16(18)19/h2-9,14,16,20H,10H2,1H3. The summed E-state index contributed by atoms with van der Waals surface area (Å²) in [6.45, 7) is -2.82. The van der Waals surface area contributed by atoms with Crippen LogP contribution in [0.25, 0.3) is 0 Å². The van der Waals surface area contributed by atoms with E-state index in [2.05, 4.69) is 26.0 Å². The van der Waals surface area contributed by atoms with Gasteiger partial charge in [0, 0.05) is 16.1 Å². The number of hydrogen-bond acceptors (Lipinski definition) is 2. The smallest absolute Gasteiger partial charge is 0.387 e. The van der Waals surface area contributed by atoms with Gasteiger partial charge in [0.15, 0.2) is 0 Å². The minimum Gasteiger partial charge on any atom is -0.434 e. The quantitative estimate of drug-likeness (QED) is 0.820. The molecule has 0 spiro atoms. The zero-order valence-corrected chi connectivity index (χ0v) is 13.1. The molecule has 0 aliphatic carbocycles. The zero-order chi connectivity index (χ0) is 15.2. The molecule has 1 unspecified atom stereocenters. The number of likely N-dealkylation sites (N-methyl/N-ethyl adjacent to an activating group) is 1. The van der Waals surface area contributed by atoms with Crippen molar-refractivity contribution in [3.8, 4) is 5.75 Å². The predicted octanol–water partition coefficient (Wildman–Crippen LogP) is 4.55. The molecular formula is C16H16BrF2NO. The molecule has 0 aromatic heterocycles. The van der Waals surface area contributed by atoms with Crippen LogP contribution in [0.5, 0.6) is 5.75 Å². The third-order valence-corrected chi connectivity index (χ3v) is 3.68. The van der Waals surface area contributed by atoms with Gasteiger partial charge in [-0.05, 0) is 37.2 Å². The summed E-state index contributed by atoms with van der Waals surface area (Å²) in [5.41, 5.74) is 1.83. The van der Waals surface area contributed by atoms with E-state index in [1.165, 1.54) is 0 Å². The van der Waals surface area contributed by atoms with Gasteiger partial charge in [-0.25, -0.2) is 0 Å². The number of nitrogens with one attached hydrogen (secondary N) is 1. The van der Waals surface area contributed by atoms with E-state index in [-0.39, 0.29) is 11.8 Å². The average Bonchev–Trinajstić information content (AvgIpc) is 2.45. The number of halogens is 3. The van der Waals surface area contributed by atoms with Crippen LogP contribution in [0.1, 0.15) is 17.2 Å². The number of ether oxygens (including phenoxy) is 1. The Kier molecular flexibility index (Phi) is 5.70. The topological polar surface area (TPSA) is 21.3 Å². The van der Waals surface area contributed by atoms with Crippen LogP contribution in [0, 0.1) is 0 Å². The van der Waals surface area contributed by atoms with E-state index in [9.17, 15) is 8.78 Å². The van der Waals surface area contributed by atoms with E-state index in [4.69, 9.17) is 0 Å². The highest BCUT2D eigenvalue weighted by Crippen LogP contribution is 2.29. The van der Waals surface area contributed by atoms with Crippen molar-refractivity contribution < 1.29 is 13.5 Å². The molecule has 2 nitrogen and oxygen atoms in total. The number of rotatable bonds is 6. The SMILES string of the molecule is CNC(Cc1cccc(Br)c1)c1ccccc1OC(F)F. The molecule has 1 N–H and O–H groups in total. The van der Waals surface area contributed by atoms with Crippen LogP contribution in [-0.4, -0.2) is 13.7 Å². The van der Waals surface area contributed by atoms with Crippen molar-refractivity contribution in [1.82, 2.24) is 5.32 Å². The normalized spacial score (nSPS) is 12.4. The molecule has 1 atom stereocenters. The highest BCUT2D eigenvalue weighted by atomic mass is 79.9. The molecule has 2 rings (SSSR count). The van der Waals surface area contributed by atoms with Gasteiger partial charge in [0.2, 0.25) is 0 Å². The maximum Gasteiger partial charge on any atom is 0.387 e. The monoisotopic (exact) mass is 355 g/mol. The minimum atomic E-state index is -2.82. The fourth-order valence-corrected chi connectivity index (χ4v) is 2.69. The van der Waals surface area contributed by atoms with Crippen molar-refractivity contribution in [1.29, 1.82) is 0 Å². The third kappa shape index (κ3) is 4.51. The van der Waals surface area contributed by atoms with Gasteiger partial charge in [-0.3, -0.25) is 0 Å². The summed E-state index contributed by atoms with van der Waals surface area (Å²) < 4.78 is 30.6. The maximum atomic E-state index is 12.5. The molecule has 0 aliphatic rings. The van der Waals surface area contributed by atoms with Crippen LogP contribution < -0.4 is 10.1 Å². The van der Waals surface area contributed by atoms with Crippen molar-refractivity contribution in [3.63, 3.8) is 0 Å². The van der Waals surface area contributed by atoms with Crippen LogP contribution in [-0.2, 0) is 6.42 Å². The van der Waals surface area contributed by atoms with E-state index in [1.54, 1.807) is 18.2 Å². The summed E-state index contributed by atoms with van der Waals surface area (Å²) in [7, 11) is 1.81. The van der Waals surface area contributed by atoms with Gasteiger partial charge in [-0.15, -0.1) is 0 Å². The fourth-order valence-electron chi connectivity index (χ4n) is 2.24. The van der Waals surface area contributed by atoms with E-state index in [0.29, 0.717) is 6.42 Å². The Morgan fingerprint density at radius 3 is 2.57 bits per heavy atom. The first-order valence-corrected chi connectivity index (χ1v) is 7.35. The summed E-state index contributed by atoms with van der Waals surface area (Å²) >= 11 is 3.43. The Hall–Kier alpha value is -1.46. The molecule has 0 saturated heterocycles. The van der Waals surface area contributed by atoms with Crippen molar-refractivity contribution in [2.24, 2.45) is 0 Å². The average molecular weight is 356 g/mol. The molecule has 5 heteroatoms. The van der Waals surface area contributed by atoms with Crippen molar-refractivity contribution in [2.75, 3.05) is 7.05 Å². The van der Waals surface area contributed by atoms with Gasteiger partial charge in [0.1, 0.15) is 5.75 Å². The Bertz CT molecular complexity index is 592. The molecule has 0 aliphatic heterocycles. The Morgan fingerprint density at radius 1 is 1.14 bits per heavy atom. The molecule has 0 radical (unpaired) electrons. The first kappa shape index (κ1) is 15.9. The van der Waals surface area contributed by atoms with Gasteiger partial charge in [0.25, 0.3) is 0 Å². The molecule has 2 aromatic rings. The van der Waals surface area contributed by atoms with Gasteiger partial charge in [0.05, 0.1) is 0 Å². The lowest BCUT2D eigenvalue weighted by Crippen LogP contribution is -2.20. The second-order valence-electron chi connectivity index (χ2n) is 4.59. The Morgan fingerprint density at radius 2 is 1.90 bits per heavy atom. The van der Waals surface area contributed by atoms with Gasteiger partial charge in [-0.2, -0.15) is 8.78 Å². The number of para-hydroxylation sites is 1. The van der Waals surface area contributed by atoms with Crippen LogP contribution in [0.3, 0.4) is 0 Å². The van der Waals surface area contributed by atoms with Crippen LogP contribution >= 0.6 is 15.9 Å². The van der Waals surface area contributed by atoms with E-state index < -0.39 is 6.61 Å². The summed E-state index contributed by atoms with van der Waals surface area (Å²) in [4.78, 5) is 0. The van der Waals surface area contributed by atoms with Crippen molar-refractivity contribution in [3.05, 3.63) is 64.1 Å². The number of alkyl halides is 2. The summed E-state index contributed by atoms with van der Waals surface area (Å²) in [6, 6.07) is 14.7. The van der Waals surface area contributed by atoms with E-state index in [0.717, 1.165) is 15.6 Å². The number of hydrogen-bond donors (Lipinski definition) is 1. The fraction of sp³-hybridized carbons (Fsp3) is 0.250. The molecule has 0 bridgehead atoms. The van der Waals surface area contributed by atoms with E-state index in [1.807, 2.05) is 37.4 Å². The Balaban J connectivity index is 2.25. The molecule has 0 fully saturated rings. The summed E-state index contributed by atoms with van der Waals surface area (Å²) in [6.07, 6.45) is 0.680. The largest absolute Gasteiger partial charge is 0.434 e. The van der Waals surface area contributed by atoms with Gasteiger partial charge >= 0.3 is 6.61 Å². The molecular weight excluding hydrogens is 340 g/mol. The highest BCUT2D eigenvalue weighted by Gasteiger charge is 2.17. The molecule has 0 amide bonds. The van der Waals surface area contributed by atoms with Gasteiger partial charge < -0.3 is 10.1 Å². The van der Waals surface area contributed by atoms with Crippen LogP contribution in [0.4, 0.5) is 8.78 Å². The molecule has 0 heterocycles. The van der Waals surface area contributed by atoms with Crippen LogP contribution in [0.2, 0.25) is 0 Å². The van der Waals surface area contributed by atoms with Gasteiger partial charge in [-0.1, -0.05) is 46.3 Å². The van der Waals surface area contributed by atoms with E-state index >= 15 is 0 Å². The Labute approximate surface area is 131 Å². The zero-order valence-electron chi connectivity index (χ0n) is 11.5. The molecule has 0 saturated carbocycles. The third-order valence-electron chi connectivity index (χ3n) is 3.19. The first-order valence-electron chi connectivity index (χ1n) is 6.55. The second-order valence-corrected chi connectivity index (χ2v) is 5.51. The minimum absolute atomic E-state index is 0.103. The molecule has 21 heavy (non-hydrogen) atoms. The van der Waals surface area contributed by atoms with Crippen LogP contribution in [0.15, 0.2) is 53.0 Å². The number of benzene rings is 2. The summed E-state index contributed by atoms with van der Waals surface area (Å²) in [5, 5.41) is 3.16. The summed E-state index contributed by atoms with van der Waals surface area (Å²) in [5.74, 6) is 0.210. The van der Waals surface area contributed by atoms with Crippen molar-refractivity contribution >= 4 is 15.9 Å². The first-order chi connectivity index (χ1) is 10.1. The molecule has 2 aromatic carbocycles. The maximum absolute atomic E-state index is 12.5. The highest BCUT2D eigenvalue weighted by molar-refractivity contribution is 9.10. The lowest BCUT2D eigenvalue weighted by Gasteiger charge is -2.20.